The number of nitrogens with one attached hydrogen (secondary N) is 3. The molecule has 3 N–H and O–H groups in total. The van der Waals surface area contributed by atoms with Crippen LogP contribution in [0.1, 0.15) is 45.5 Å². The van der Waals surface area contributed by atoms with Crippen LogP contribution in [0.5, 0.6) is 0 Å². The molecule has 0 fully saturated rings. The second-order valence-electron chi connectivity index (χ2n) is 12.5. The van der Waals surface area contributed by atoms with Crippen LogP contribution in [0.3, 0.4) is 0 Å². The molecule has 236 valence electrons. The third kappa shape index (κ3) is 10.4. The summed E-state index contributed by atoms with van der Waals surface area (Å²) >= 11 is 0. The second-order valence-corrected chi connectivity index (χ2v) is 18.2. The molecule has 0 radical (unpaired) electrons. The maximum Gasteiger partial charge on any atom is 0.411 e. The fourth-order valence-electron chi connectivity index (χ4n) is 4.30. The standard InChI is InChI=1S/C30H45N5O7Si/c1-30(2,3)42-29(38)34-22-11-9-10-12-23(27(36)39-4)32-24-17-20(31-28(37)40-5)13-14-21(24)25-18-35(26(22)33-25)19-41-15-16-43(6,7)8/h9-10,13-14,17-18,22-23,32H,11-12,15-16,19H2,1-8H3,(H,31,37)(H,34,38)/t22-,23+/m0/s1. The lowest BCUT2D eigenvalue weighted by molar-refractivity contribution is -0.141. The van der Waals surface area contributed by atoms with Crippen LogP contribution in [0.15, 0.2) is 36.5 Å². The SMILES string of the molecule is COC(=O)Nc1ccc2c(c1)N[C@@H](C(=O)OC)CC=CC[C@H](NC(=O)OC(C)(C)C)c1nc-2cn1COCC[Si](C)(C)C. The van der Waals surface area contributed by atoms with E-state index in [4.69, 9.17) is 23.9 Å². The minimum atomic E-state index is -1.30. The largest absolute Gasteiger partial charge is 0.467 e. The van der Waals surface area contributed by atoms with Gasteiger partial charge in [-0.15, -0.1) is 0 Å². The molecule has 1 aromatic carbocycles. The van der Waals surface area contributed by atoms with Gasteiger partial charge in [0.25, 0.3) is 0 Å². The fraction of sp³-hybridized carbons (Fsp3) is 0.533. The number of carbonyl (C=O) groups is 3. The van der Waals surface area contributed by atoms with E-state index < -0.39 is 43.9 Å². The van der Waals surface area contributed by atoms with Gasteiger partial charge in [0, 0.05) is 37.8 Å². The maximum absolute atomic E-state index is 12.9. The van der Waals surface area contributed by atoms with Crippen molar-refractivity contribution in [2.24, 2.45) is 0 Å². The molecule has 2 aromatic rings. The van der Waals surface area contributed by atoms with Crippen LogP contribution in [-0.4, -0.2) is 68.3 Å². The number of ether oxygens (including phenoxy) is 4. The smallest absolute Gasteiger partial charge is 0.411 e. The molecule has 0 spiro atoms. The van der Waals surface area contributed by atoms with Crippen molar-refractivity contribution < 1.29 is 33.3 Å². The first-order valence-electron chi connectivity index (χ1n) is 14.3. The van der Waals surface area contributed by atoms with E-state index in [0.29, 0.717) is 47.9 Å². The highest BCUT2D eigenvalue weighted by Crippen LogP contribution is 2.33. The Bertz CT molecular complexity index is 1310. The van der Waals surface area contributed by atoms with Crippen molar-refractivity contribution in [2.45, 2.75) is 83.7 Å². The van der Waals surface area contributed by atoms with Crippen LogP contribution in [0.2, 0.25) is 25.7 Å². The van der Waals surface area contributed by atoms with Crippen LogP contribution in [-0.2, 0) is 30.5 Å². The van der Waals surface area contributed by atoms with Crippen LogP contribution in [0.4, 0.5) is 21.0 Å². The number of nitrogens with zero attached hydrogens (tertiary/aromatic N) is 2. The summed E-state index contributed by atoms with van der Waals surface area (Å²) < 4.78 is 23.3. The molecule has 2 atom stereocenters. The van der Waals surface area contributed by atoms with E-state index in [0.717, 1.165) is 6.04 Å². The summed E-state index contributed by atoms with van der Waals surface area (Å²) in [5.41, 5.74) is 1.58. The minimum Gasteiger partial charge on any atom is -0.467 e. The number of esters is 1. The van der Waals surface area contributed by atoms with Gasteiger partial charge in [-0.2, -0.15) is 0 Å². The van der Waals surface area contributed by atoms with E-state index in [1.54, 1.807) is 39.0 Å². The molecule has 13 heteroatoms. The Morgan fingerprint density at radius 3 is 2.44 bits per heavy atom. The van der Waals surface area contributed by atoms with Crippen LogP contribution >= 0.6 is 0 Å². The van der Waals surface area contributed by atoms with E-state index in [1.807, 2.05) is 22.9 Å². The Hall–Kier alpha value is -3.84. The van der Waals surface area contributed by atoms with Crippen molar-refractivity contribution in [1.29, 1.82) is 0 Å². The number of alkyl carbamates (subject to hydrolysis) is 1. The molecule has 1 aromatic heterocycles. The third-order valence-corrected chi connectivity index (χ3v) is 8.19. The highest BCUT2D eigenvalue weighted by Gasteiger charge is 2.27. The van der Waals surface area contributed by atoms with Gasteiger partial charge in [0.15, 0.2) is 0 Å². The van der Waals surface area contributed by atoms with Gasteiger partial charge in [0.2, 0.25) is 0 Å². The zero-order valence-corrected chi connectivity index (χ0v) is 27.4. The van der Waals surface area contributed by atoms with Gasteiger partial charge >= 0.3 is 18.2 Å². The van der Waals surface area contributed by atoms with E-state index in [-0.39, 0.29) is 6.73 Å². The number of benzene rings is 1. The third-order valence-electron chi connectivity index (χ3n) is 6.49. The number of aromatic nitrogens is 2. The van der Waals surface area contributed by atoms with Gasteiger partial charge < -0.3 is 34.1 Å². The van der Waals surface area contributed by atoms with Gasteiger partial charge in [-0.05, 0) is 57.9 Å². The van der Waals surface area contributed by atoms with E-state index in [9.17, 15) is 14.4 Å². The zero-order chi connectivity index (χ0) is 31.8. The maximum atomic E-state index is 12.9. The molecule has 0 aliphatic carbocycles. The molecule has 1 aliphatic heterocycles. The Morgan fingerprint density at radius 1 is 1.07 bits per heavy atom. The van der Waals surface area contributed by atoms with Crippen molar-refractivity contribution in [3.63, 3.8) is 0 Å². The number of hydrogen-bond donors (Lipinski definition) is 3. The van der Waals surface area contributed by atoms with Crippen molar-refractivity contribution in [3.8, 4) is 11.3 Å². The van der Waals surface area contributed by atoms with Crippen molar-refractivity contribution in [1.82, 2.24) is 14.9 Å². The van der Waals surface area contributed by atoms with Crippen LogP contribution in [0.25, 0.3) is 11.3 Å². The lowest BCUT2D eigenvalue weighted by Gasteiger charge is -2.24. The fourth-order valence-corrected chi connectivity index (χ4v) is 5.06. The Labute approximate surface area is 254 Å². The number of amides is 2. The van der Waals surface area contributed by atoms with Gasteiger partial charge in [0.05, 0.1) is 26.0 Å². The van der Waals surface area contributed by atoms with Gasteiger partial charge in [-0.3, -0.25) is 5.32 Å². The number of rotatable bonds is 8. The Morgan fingerprint density at radius 2 is 1.79 bits per heavy atom. The second kappa shape index (κ2) is 14.6. The van der Waals surface area contributed by atoms with Crippen LogP contribution in [0, 0.1) is 0 Å². The summed E-state index contributed by atoms with van der Waals surface area (Å²) in [5.74, 6) is 0.135. The first-order chi connectivity index (χ1) is 20.2. The molecule has 43 heavy (non-hydrogen) atoms. The molecule has 2 amide bonds. The first-order valence-corrected chi connectivity index (χ1v) is 18.0. The summed E-state index contributed by atoms with van der Waals surface area (Å²) in [5, 5.41) is 8.90. The summed E-state index contributed by atoms with van der Waals surface area (Å²) in [6.07, 6.45) is 5.12. The molecule has 12 nitrogen and oxygen atoms in total. The summed E-state index contributed by atoms with van der Waals surface area (Å²) in [6.45, 7) is 13.1. The topological polar surface area (TPSA) is 142 Å². The number of imidazole rings is 1. The minimum absolute atomic E-state index is 0.235. The highest BCUT2D eigenvalue weighted by molar-refractivity contribution is 6.76. The summed E-state index contributed by atoms with van der Waals surface area (Å²) in [4.78, 5) is 42.5. The predicted molar refractivity (Wildman–Crippen MR) is 168 cm³/mol. The number of fused-ring (bicyclic) bond motifs is 4. The Kier molecular flexibility index (Phi) is 11.4. The molecular weight excluding hydrogens is 570 g/mol. The monoisotopic (exact) mass is 615 g/mol. The molecule has 1 aliphatic rings. The molecule has 2 heterocycles. The summed E-state index contributed by atoms with van der Waals surface area (Å²) in [6, 6.07) is 4.95. The van der Waals surface area contributed by atoms with Gasteiger partial charge in [-0.1, -0.05) is 31.8 Å². The number of anilines is 2. The quantitative estimate of drug-likeness (QED) is 0.109. The number of hydrogen-bond acceptors (Lipinski definition) is 9. The van der Waals surface area contributed by atoms with E-state index >= 15 is 0 Å². The van der Waals surface area contributed by atoms with Crippen molar-refractivity contribution >= 4 is 37.6 Å². The molecule has 0 saturated carbocycles. The van der Waals surface area contributed by atoms with Crippen molar-refractivity contribution in [2.75, 3.05) is 31.5 Å². The zero-order valence-electron chi connectivity index (χ0n) is 26.4. The average molecular weight is 616 g/mol. The molecule has 2 bridgehead atoms. The normalized spacial score (nSPS) is 16.9. The summed E-state index contributed by atoms with van der Waals surface area (Å²) in [7, 11) is 1.31. The van der Waals surface area contributed by atoms with Crippen LogP contribution < -0.4 is 16.0 Å². The van der Waals surface area contributed by atoms with E-state index in [2.05, 4.69) is 35.6 Å². The van der Waals surface area contributed by atoms with Gasteiger partial charge in [-0.25, -0.2) is 19.4 Å². The number of carbonyl (C=O) groups excluding carboxylic acids is 3. The molecular formula is C30H45N5O7Si. The molecule has 3 rings (SSSR count). The predicted octanol–water partition coefficient (Wildman–Crippen LogP) is 5.91. The lowest BCUT2D eigenvalue weighted by atomic mass is 10.1. The Balaban J connectivity index is 2.11. The number of methoxy groups -OCH3 is 2. The first kappa shape index (κ1) is 33.7. The van der Waals surface area contributed by atoms with Crippen molar-refractivity contribution in [3.05, 3.63) is 42.4 Å². The highest BCUT2D eigenvalue weighted by atomic mass is 28.3. The van der Waals surface area contributed by atoms with Gasteiger partial charge in [0.1, 0.15) is 24.2 Å². The molecule has 0 saturated heterocycles. The van der Waals surface area contributed by atoms with E-state index in [1.165, 1.54) is 14.2 Å². The molecule has 0 unspecified atom stereocenters. The average Bonchev–Trinajstić information content (AvgIpc) is 3.33. The lowest BCUT2D eigenvalue weighted by Crippen LogP contribution is -2.36.